The van der Waals surface area contributed by atoms with E-state index in [0.717, 1.165) is 10.9 Å². The molecule has 126 valence electrons. The summed E-state index contributed by atoms with van der Waals surface area (Å²) in [5, 5.41) is 5.05. The molecule has 0 heterocycles. The average Bonchev–Trinajstić information content (AvgIpc) is 2.51. The van der Waals surface area contributed by atoms with E-state index in [1.807, 2.05) is 19.9 Å². The summed E-state index contributed by atoms with van der Waals surface area (Å²) in [6.07, 6.45) is 1.00. The second-order valence-electron chi connectivity index (χ2n) is 5.40. The van der Waals surface area contributed by atoms with Crippen molar-refractivity contribution >= 4 is 39.4 Å². The lowest BCUT2D eigenvalue weighted by Crippen LogP contribution is -2.35. The monoisotopic (exact) mass is 384 g/mol. The van der Waals surface area contributed by atoms with Gasteiger partial charge in [0.25, 0.3) is 5.91 Å². The molecule has 0 radical (unpaired) electrons. The molecule has 1 aromatic carbocycles. The molecule has 2 amide bonds. The lowest BCUT2D eigenvalue weighted by atomic mass is 10.1. The molecule has 6 nitrogen and oxygen atoms in total. The van der Waals surface area contributed by atoms with Crippen molar-refractivity contribution in [3.8, 4) is 0 Å². The van der Waals surface area contributed by atoms with Crippen LogP contribution in [0.3, 0.4) is 0 Å². The van der Waals surface area contributed by atoms with E-state index in [1.54, 1.807) is 18.2 Å². The van der Waals surface area contributed by atoms with Gasteiger partial charge in [-0.2, -0.15) is 0 Å². The number of nitrogens with one attached hydrogen (secondary N) is 2. The minimum Gasteiger partial charge on any atom is -0.456 e. The van der Waals surface area contributed by atoms with Gasteiger partial charge >= 0.3 is 5.97 Å². The van der Waals surface area contributed by atoms with Crippen LogP contribution in [0.2, 0.25) is 0 Å². The maximum atomic E-state index is 11.7. The Labute approximate surface area is 144 Å². The van der Waals surface area contributed by atoms with E-state index in [4.69, 9.17) is 4.74 Å². The van der Waals surface area contributed by atoms with Crippen molar-refractivity contribution in [2.75, 3.05) is 18.5 Å². The molecule has 0 saturated heterocycles. The van der Waals surface area contributed by atoms with E-state index in [9.17, 15) is 14.4 Å². The third-order valence-corrected chi connectivity index (χ3v) is 3.58. The van der Waals surface area contributed by atoms with Gasteiger partial charge < -0.3 is 15.4 Å². The maximum Gasteiger partial charge on any atom is 0.306 e. The van der Waals surface area contributed by atoms with E-state index in [-0.39, 0.29) is 25.5 Å². The smallest absolute Gasteiger partial charge is 0.306 e. The van der Waals surface area contributed by atoms with Crippen LogP contribution in [0.15, 0.2) is 28.7 Å². The van der Waals surface area contributed by atoms with Gasteiger partial charge in [-0.1, -0.05) is 26.0 Å². The van der Waals surface area contributed by atoms with Crippen molar-refractivity contribution < 1.29 is 19.1 Å². The second kappa shape index (κ2) is 9.99. The van der Waals surface area contributed by atoms with Crippen LogP contribution >= 0.6 is 15.9 Å². The van der Waals surface area contributed by atoms with Crippen LogP contribution in [0.4, 0.5) is 5.69 Å². The van der Waals surface area contributed by atoms with E-state index >= 15 is 0 Å². The number of ether oxygens (including phenoxy) is 1. The van der Waals surface area contributed by atoms with Gasteiger partial charge in [-0.25, -0.2) is 0 Å². The lowest BCUT2D eigenvalue weighted by molar-refractivity contribution is -0.148. The Hall–Kier alpha value is -1.89. The first-order chi connectivity index (χ1) is 10.9. The van der Waals surface area contributed by atoms with Gasteiger partial charge in [0.2, 0.25) is 5.91 Å². The highest BCUT2D eigenvalue weighted by molar-refractivity contribution is 9.10. The summed E-state index contributed by atoms with van der Waals surface area (Å²) in [5.41, 5.74) is 0.617. The molecule has 23 heavy (non-hydrogen) atoms. The van der Waals surface area contributed by atoms with Crippen molar-refractivity contribution in [3.63, 3.8) is 0 Å². The molecular weight excluding hydrogens is 364 g/mol. The Kier molecular flexibility index (Phi) is 8.32. The summed E-state index contributed by atoms with van der Waals surface area (Å²) >= 11 is 3.31. The third-order valence-electron chi connectivity index (χ3n) is 2.88. The molecule has 1 rings (SSSR count). The number of benzene rings is 1. The molecule has 0 bridgehead atoms. The zero-order chi connectivity index (χ0) is 17.2. The number of halogens is 1. The van der Waals surface area contributed by atoms with E-state index in [0.29, 0.717) is 11.6 Å². The van der Waals surface area contributed by atoms with Crippen LogP contribution in [-0.2, 0) is 19.1 Å². The molecule has 1 aromatic rings. The number of hydrogen-bond acceptors (Lipinski definition) is 4. The first kappa shape index (κ1) is 19.2. The molecular formula is C16H21BrN2O4. The van der Waals surface area contributed by atoms with Gasteiger partial charge in [0.05, 0.1) is 12.2 Å². The average molecular weight is 385 g/mol. The number of rotatable bonds is 8. The van der Waals surface area contributed by atoms with Crippen molar-refractivity contribution in [2.45, 2.75) is 26.7 Å². The molecule has 2 N–H and O–H groups in total. The number of carbonyl (C=O) groups is 3. The second-order valence-corrected chi connectivity index (χ2v) is 6.25. The van der Waals surface area contributed by atoms with E-state index in [1.165, 1.54) is 0 Å². The Balaban J connectivity index is 2.24. The number of para-hydroxylation sites is 1. The van der Waals surface area contributed by atoms with E-state index < -0.39 is 11.9 Å². The van der Waals surface area contributed by atoms with Crippen LogP contribution in [-0.4, -0.2) is 30.9 Å². The van der Waals surface area contributed by atoms with Crippen molar-refractivity contribution in [1.82, 2.24) is 5.32 Å². The highest BCUT2D eigenvalue weighted by Crippen LogP contribution is 2.20. The normalized spacial score (nSPS) is 10.3. The Morgan fingerprint density at radius 1 is 1.17 bits per heavy atom. The molecule has 0 aromatic heterocycles. The Morgan fingerprint density at radius 2 is 1.87 bits per heavy atom. The lowest BCUT2D eigenvalue weighted by Gasteiger charge is -2.09. The molecule has 0 aliphatic carbocycles. The first-order valence-corrected chi connectivity index (χ1v) is 8.14. The van der Waals surface area contributed by atoms with Crippen LogP contribution < -0.4 is 10.6 Å². The zero-order valence-corrected chi connectivity index (χ0v) is 14.8. The Morgan fingerprint density at radius 3 is 2.52 bits per heavy atom. The van der Waals surface area contributed by atoms with Crippen molar-refractivity contribution in [1.29, 1.82) is 0 Å². The van der Waals surface area contributed by atoms with Gasteiger partial charge in [0.1, 0.15) is 0 Å². The summed E-state index contributed by atoms with van der Waals surface area (Å²) in [4.78, 5) is 34.6. The van der Waals surface area contributed by atoms with Gasteiger partial charge in [-0.15, -0.1) is 0 Å². The summed E-state index contributed by atoms with van der Waals surface area (Å²) < 4.78 is 5.58. The van der Waals surface area contributed by atoms with Crippen molar-refractivity contribution in [2.24, 2.45) is 5.92 Å². The summed E-state index contributed by atoms with van der Waals surface area (Å²) in [7, 11) is 0. The molecule has 0 atom stereocenters. The van der Waals surface area contributed by atoms with Gasteiger partial charge in [-0.3, -0.25) is 14.4 Å². The standard InChI is InChI=1S/C16H21BrN2O4/c1-11(2)7-8-16(22)23-10-15(21)18-9-14(20)19-13-6-4-3-5-12(13)17/h3-6,11H,7-10H2,1-2H3,(H,18,21)(H,19,20). The molecule has 0 spiro atoms. The molecule has 7 heteroatoms. The zero-order valence-electron chi connectivity index (χ0n) is 13.2. The molecule has 0 fully saturated rings. The first-order valence-electron chi connectivity index (χ1n) is 7.35. The van der Waals surface area contributed by atoms with Crippen LogP contribution in [0.5, 0.6) is 0 Å². The molecule has 0 aliphatic heterocycles. The number of anilines is 1. The minimum absolute atomic E-state index is 0.191. The predicted octanol–water partition coefficient (Wildman–Crippen LogP) is 2.48. The van der Waals surface area contributed by atoms with E-state index in [2.05, 4.69) is 26.6 Å². The minimum atomic E-state index is -0.509. The SMILES string of the molecule is CC(C)CCC(=O)OCC(=O)NCC(=O)Nc1ccccc1Br. The number of carbonyl (C=O) groups excluding carboxylic acids is 3. The fourth-order valence-corrected chi connectivity index (χ4v) is 2.00. The largest absolute Gasteiger partial charge is 0.456 e. The fourth-order valence-electron chi connectivity index (χ4n) is 1.61. The number of esters is 1. The summed E-state index contributed by atoms with van der Waals surface area (Å²) in [5.74, 6) is -0.884. The third kappa shape index (κ3) is 8.35. The number of amides is 2. The molecule has 0 unspecified atom stereocenters. The fraction of sp³-hybridized carbons (Fsp3) is 0.438. The summed E-state index contributed by atoms with van der Waals surface area (Å²) in [6, 6.07) is 7.15. The van der Waals surface area contributed by atoms with Gasteiger partial charge in [0, 0.05) is 10.9 Å². The summed E-state index contributed by atoms with van der Waals surface area (Å²) in [6.45, 7) is 3.44. The van der Waals surface area contributed by atoms with Gasteiger partial charge in [-0.05, 0) is 40.4 Å². The molecule has 0 saturated carbocycles. The highest BCUT2D eigenvalue weighted by Gasteiger charge is 2.10. The maximum absolute atomic E-state index is 11.7. The number of hydrogen-bond donors (Lipinski definition) is 2. The topological polar surface area (TPSA) is 84.5 Å². The highest BCUT2D eigenvalue weighted by atomic mass is 79.9. The van der Waals surface area contributed by atoms with Crippen molar-refractivity contribution in [3.05, 3.63) is 28.7 Å². The van der Waals surface area contributed by atoms with Gasteiger partial charge in [0.15, 0.2) is 6.61 Å². The van der Waals surface area contributed by atoms with Crippen LogP contribution in [0.1, 0.15) is 26.7 Å². The Bertz CT molecular complexity index is 561. The molecule has 0 aliphatic rings. The van der Waals surface area contributed by atoms with Crippen LogP contribution in [0, 0.1) is 5.92 Å². The quantitative estimate of drug-likeness (QED) is 0.674. The van der Waals surface area contributed by atoms with Crippen LogP contribution in [0.25, 0.3) is 0 Å². The predicted molar refractivity (Wildman–Crippen MR) is 90.8 cm³/mol.